The third-order valence-electron chi connectivity index (χ3n) is 1.56. The molecular formula is C8H12BNO3. The highest BCUT2D eigenvalue weighted by molar-refractivity contribution is 6.60. The van der Waals surface area contributed by atoms with Gasteiger partial charge in [0.25, 0.3) is 0 Å². The number of nitrogen functional groups attached to an aromatic ring is 1. The van der Waals surface area contributed by atoms with Crippen LogP contribution in [0.1, 0.15) is 0 Å². The van der Waals surface area contributed by atoms with Crippen molar-refractivity contribution in [1.29, 1.82) is 0 Å². The molecule has 0 amide bonds. The first-order chi connectivity index (χ1) is 6.24. The van der Waals surface area contributed by atoms with E-state index in [-0.39, 0.29) is 13.2 Å². The van der Waals surface area contributed by atoms with Gasteiger partial charge in [0, 0.05) is 5.69 Å². The van der Waals surface area contributed by atoms with Crippen molar-refractivity contribution in [3.63, 3.8) is 0 Å². The zero-order valence-electron chi connectivity index (χ0n) is 7.18. The molecular weight excluding hydrogens is 169 g/mol. The first-order valence-electron chi connectivity index (χ1n) is 4.00. The van der Waals surface area contributed by atoms with Crippen molar-refractivity contribution in [2.75, 3.05) is 18.9 Å². The fourth-order valence-electron chi connectivity index (χ4n) is 0.973. The lowest BCUT2D eigenvalue weighted by Crippen LogP contribution is -2.34. The van der Waals surface area contributed by atoms with Gasteiger partial charge in [0.2, 0.25) is 0 Å². The van der Waals surface area contributed by atoms with Crippen LogP contribution in [0.25, 0.3) is 0 Å². The molecule has 0 saturated heterocycles. The number of anilines is 1. The van der Waals surface area contributed by atoms with Gasteiger partial charge in [-0.1, -0.05) is 12.1 Å². The molecule has 0 saturated carbocycles. The molecule has 1 aromatic carbocycles. The predicted octanol–water partition coefficient (Wildman–Crippen LogP) is -1.03. The van der Waals surface area contributed by atoms with E-state index >= 15 is 0 Å². The summed E-state index contributed by atoms with van der Waals surface area (Å²) in [4.78, 5) is 0. The molecule has 1 rings (SSSR count). The largest absolute Gasteiger partial charge is 0.491 e. The Morgan fingerprint density at radius 1 is 1.46 bits per heavy atom. The molecule has 13 heavy (non-hydrogen) atoms. The van der Waals surface area contributed by atoms with Crippen LogP contribution < -0.4 is 11.2 Å². The van der Waals surface area contributed by atoms with Gasteiger partial charge in [0.05, 0.1) is 13.2 Å². The molecule has 70 valence electrons. The number of rotatable bonds is 4. The normalized spacial score (nSPS) is 10.0. The smallest absolute Gasteiger partial charge is 0.423 e. The second-order valence-electron chi connectivity index (χ2n) is 2.62. The molecule has 5 heteroatoms. The lowest BCUT2D eigenvalue weighted by molar-refractivity contribution is 0.183. The Morgan fingerprint density at radius 2 is 2.23 bits per heavy atom. The quantitative estimate of drug-likeness (QED) is 0.409. The maximum absolute atomic E-state index is 9.39. The lowest BCUT2D eigenvalue weighted by Gasteiger charge is -2.06. The molecule has 0 bridgehead atoms. The van der Waals surface area contributed by atoms with Gasteiger partial charge in [-0.3, -0.25) is 0 Å². The maximum Gasteiger partial charge on any atom is 0.491 e. The number of hydrogen-bond donors (Lipinski definition) is 3. The summed E-state index contributed by atoms with van der Waals surface area (Å²) in [7, 11) is -1.02. The van der Waals surface area contributed by atoms with E-state index in [4.69, 9.17) is 15.5 Å². The van der Waals surface area contributed by atoms with E-state index in [1.165, 1.54) is 0 Å². The third kappa shape index (κ3) is 3.06. The lowest BCUT2D eigenvalue weighted by atomic mass is 9.79. The first-order valence-corrected chi connectivity index (χ1v) is 4.00. The fraction of sp³-hybridized carbons (Fsp3) is 0.250. The molecule has 1 aromatic rings. The Kier molecular flexibility index (Phi) is 3.76. The van der Waals surface area contributed by atoms with Crippen molar-refractivity contribution in [3.05, 3.63) is 24.3 Å². The van der Waals surface area contributed by atoms with Crippen LogP contribution in [-0.4, -0.2) is 30.5 Å². The van der Waals surface area contributed by atoms with Crippen molar-refractivity contribution >= 4 is 18.3 Å². The van der Waals surface area contributed by atoms with E-state index in [1.807, 2.05) is 0 Å². The standard InChI is InChI=1S/C8H12BNO3/c10-8-3-1-2-7(6-8)9(12)13-5-4-11/h1-3,6,11-12H,4-5,10H2. The van der Waals surface area contributed by atoms with Crippen LogP contribution in [0.4, 0.5) is 5.69 Å². The number of benzene rings is 1. The summed E-state index contributed by atoms with van der Waals surface area (Å²) in [6.07, 6.45) is 0. The first kappa shape index (κ1) is 10.0. The molecule has 0 heterocycles. The average molecular weight is 181 g/mol. The molecule has 0 fully saturated rings. The summed E-state index contributed by atoms with van der Waals surface area (Å²) in [6.45, 7) is -0.00462. The van der Waals surface area contributed by atoms with Gasteiger partial charge in [-0.05, 0) is 17.6 Å². The summed E-state index contributed by atoms with van der Waals surface area (Å²) < 4.78 is 4.88. The zero-order valence-corrected chi connectivity index (χ0v) is 7.18. The van der Waals surface area contributed by atoms with Crippen molar-refractivity contribution in [1.82, 2.24) is 0 Å². The molecule has 0 aliphatic rings. The molecule has 0 unspecified atom stereocenters. The van der Waals surface area contributed by atoms with Gasteiger partial charge >= 0.3 is 7.12 Å². The summed E-state index contributed by atoms with van der Waals surface area (Å²) >= 11 is 0. The Hall–Kier alpha value is -1.04. The average Bonchev–Trinajstić information content (AvgIpc) is 2.14. The highest BCUT2D eigenvalue weighted by Gasteiger charge is 2.15. The van der Waals surface area contributed by atoms with Gasteiger partial charge < -0.3 is 20.5 Å². The maximum atomic E-state index is 9.39. The molecule has 0 aliphatic heterocycles. The summed E-state index contributed by atoms with van der Waals surface area (Å²) in [5, 5.41) is 17.8. The fourth-order valence-corrected chi connectivity index (χ4v) is 0.973. The van der Waals surface area contributed by atoms with Crippen LogP contribution in [0.2, 0.25) is 0 Å². The molecule has 0 spiro atoms. The van der Waals surface area contributed by atoms with Crippen LogP contribution in [0.15, 0.2) is 24.3 Å². The van der Waals surface area contributed by atoms with Crippen molar-refractivity contribution < 1.29 is 14.8 Å². The predicted molar refractivity (Wildman–Crippen MR) is 51.5 cm³/mol. The second kappa shape index (κ2) is 4.86. The monoisotopic (exact) mass is 181 g/mol. The van der Waals surface area contributed by atoms with E-state index in [2.05, 4.69) is 0 Å². The molecule has 4 nitrogen and oxygen atoms in total. The van der Waals surface area contributed by atoms with E-state index in [0.717, 1.165) is 0 Å². The highest BCUT2D eigenvalue weighted by atomic mass is 16.5. The zero-order chi connectivity index (χ0) is 9.68. The van der Waals surface area contributed by atoms with Gasteiger partial charge in [0.15, 0.2) is 0 Å². The van der Waals surface area contributed by atoms with Crippen LogP contribution >= 0.6 is 0 Å². The van der Waals surface area contributed by atoms with E-state index in [1.54, 1.807) is 24.3 Å². The molecule has 0 aliphatic carbocycles. The molecule has 0 aromatic heterocycles. The minimum atomic E-state index is -1.02. The topological polar surface area (TPSA) is 75.7 Å². The second-order valence-corrected chi connectivity index (χ2v) is 2.62. The Balaban J connectivity index is 2.60. The summed E-state index contributed by atoms with van der Waals surface area (Å²) in [5.41, 5.74) is 6.67. The Morgan fingerprint density at radius 3 is 2.85 bits per heavy atom. The number of hydrogen-bond acceptors (Lipinski definition) is 4. The summed E-state index contributed by atoms with van der Waals surface area (Å²) in [5.74, 6) is 0. The SMILES string of the molecule is Nc1cccc(B(O)OCCO)c1. The van der Waals surface area contributed by atoms with Gasteiger partial charge in [-0.15, -0.1) is 0 Å². The number of nitrogens with two attached hydrogens (primary N) is 1. The molecule has 4 N–H and O–H groups in total. The molecule has 0 atom stereocenters. The van der Waals surface area contributed by atoms with E-state index in [9.17, 15) is 5.02 Å². The number of aliphatic hydroxyl groups excluding tert-OH is 1. The van der Waals surface area contributed by atoms with Crippen LogP contribution in [0.5, 0.6) is 0 Å². The Bertz CT molecular complexity index is 269. The minimum Gasteiger partial charge on any atom is -0.423 e. The van der Waals surface area contributed by atoms with Crippen LogP contribution in [0, 0.1) is 0 Å². The van der Waals surface area contributed by atoms with Gasteiger partial charge in [0.1, 0.15) is 0 Å². The summed E-state index contributed by atoms with van der Waals surface area (Å²) in [6, 6.07) is 6.79. The Labute approximate surface area is 77.1 Å². The van der Waals surface area contributed by atoms with E-state index in [0.29, 0.717) is 11.2 Å². The van der Waals surface area contributed by atoms with Gasteiger partial charge in [-0.25, -0.2) is 0 Å². The third-order valence-corrected chi connectivity index (χ3v) is 1.56. The van der Waals surface area contributed by atoms with Crippen molar-refractivity contribution in [2.45, 2.75) is 0 Å². The van der Waals surface area contributed by atoms with Gasteiger partial charge in [-0.2, -0.15) is 0 Å². The molecule has 0 radical (unpaired) electrons. The van der Waals surface area contributed by atoms with Crippen molar-refractivity contribution in [3.8, 4) is 0 Å². The van der Waals surface area contributed by atoms with Crippen LogP contribution in [-0.2, 0) is 4.65 Å². The minimum absolute atomic E-state index is 0.107. The highest BCUT2D eigenvalue weighted by Crippen LogP contribution is 1.97. The van der Waals surface area contributed by atoms with E-state index < -0.39 is 7.12 Å². The van der Waals surface area contributed by atoms with Crippen LogP contribution in [0.3, 0.4) is 0 Å². The van der Waals surface area contributed by atoms with Crippen molar-refractivity contribution in [2.24, 2.45) is 0 Å². The number of aliphatic hydroxyl groups is 1.